The monoisotopic (exact) mass is 385 g/mol. The van der Waals surface area contributed by atoms with Crippen LogP contribution in [0.15, 0.2) is 24.3 Å². The number of H-pyrrole nitrogens is 1. The van der Waals surface area contributed by atoms with Crippen LogP contribution in [0.5, 0.6) is 0 Å². The average Bonchev–Trinajstić information content (AvgIpc) is 3.08. The zero-order valence-electron chi connectivity index (χ0n) is 16.9. The maximum Gasteiger partial charge on any atom is 0.317 e. The first-order valence-corrected chi connectivity index (χ1v) is 10.4. The molecule has 1 aromatic heterocycles. The Balaban J connectivity index is 1.51. The molecule has 2 amide bonds. The van der Waals surface area contributed by atoms with Gasteiger partial charge in [-0.3, -0.25) is 4.79 Å². The van der Waals surface area contributed by atoms with Crippen molar-refractivity contribution in [3.05, 3.63) is 35.5 Å². The number of hydrogen-bond acceptors (Lipinski definition) is 3. The summed E-state index contributed by atoms with van der Waals surface area (Å²) in [5, 5.41) is 4.33. The van der Waals surface area contributed by atoms with Gasteiger partial charge in [0, 0.05) is 36.1 Å². The number of amides is 2. The minimum Gasteiger partial charge on any atom is -0.466 e. The van der Waals surface area contributed by atoms with Gasteiger partial charge in [0.1, 0.15) is 0 Å². The van der Waals surface area contributed by atoms with Gasteiger partial charge in [0.2, 0.25) is 0 Å². The lowest BCUT2D eigenvalue weighted by molar-refractivity contribution is -0.143. The third-order valence-corrected chi connectivity index (χ3v) is 5.45. The lowest BCUT2D eigenvalue weighted by Gasteiger charge is -2.35. The average molecular weight is 386 g/mol. The number of aromatic amines is 1. The minimum atomic E-state index is -0.139. The Morgan fingerprint density at radius 3 is 2.82 bits per heavy atom. The molecule has 0 aliphatic carbocycles. The van der Waals surface area contributed by atoms with E-state index in [0.717, 1.165) is 44.2 Å². The predicted molar refractivity (Wildman–Crippen MR) is 110 cm³/mol. The molecule has 0 saturated carbocycles. The van der Waals surface area contributed by atoms with Gasteiger partial charge in [-0.15, -0.1) is 0 Å². The Morgan fingerprint density at radius 1 is 1.21 bits per heavy atom. The highest BCUT2D eigenvalue weighted by Crippen LogP contribution is 2.36. The van der Waals surface area contributed by atoms with Crippen molar-refractivity contribution in [3.8, 4) is 0 Å². The summed E-state index contributed by atoms with van der Waals surface area (Å²) in [5.41, 5.74) is 3.68. The lowest BCUT2D eigenvalue weighted by Crippen LogP contribution is -2.45. The number of aromatic nitrogens is 1. The maximum absolute atomic E-state index is 12.7. The van der Waals surface area contributed by atoms with Crippen LogP contribution in [0.2, 0.25) is 0 Å². The van der Waals surface area contributed by atoms with Crippen molar-refractivity contribution in [1.82, 2.24) is 15.2 Å². The fourth-order valence-electron chi connectivity index (χ4n) is 4.09. The van der Waals surface area contributed by atoms with E-state index in [-0.39, 0.29) is 18.0 Å². The number of fused-ring (bicyclic) bond motifs is 3. The molecule has 0 saturated heterocycles. The van der Waals surface area contributed by atoms with Crippen LogP contribution in [0.4, 0.5) is 4.79 Å². The molecule has 1 unspecified atom stereocenters. The summed E-state index contributed by atoms with van der Waals surface area (Å²) in [6.45, 7) is 5.74. The highest BCUT2D eigenvalue weighted by atomic mass is 16.5. The summed E-state index contributed by atoms with van der Waals surface area (Å²) in [6.07, 6.45) is 4.79. The van der Waals surface area contributed by atoms with Crippen LogP contribution in [-0.4, -0.2) is 41.6 Å². The quantitative estimate of drug-likeness (QED) is 0.525. The molecule has 1 aliphatic rings. The van der Waals surface area contributed by atoms with Crippen molar-refractivity contribution in [2.24, 2.45) is 0 Å². The van der Waals surface area contributed by atoms with Gasteiger partial charge >= 0.3 is 12.0 Å². The second-order valence-electron chi connectivity index (χ2n) is 7.28. The highest BCUT2D eigenvalue weighted by molar-refractivity contribution is 5.86. The summed E-state index contributed by atoms with van der Waals surface area (Å²) < 4.78 is 4.92. The topological polar surface area (TPSA) is 74.4 Å². The fourth-order valence-corrected chi connectivity index (χ4v) is 4.09. The molecule has 3 rings (SSSR count). The number of unbranched alkanes of at least 4 members (excludes halogenated alkanes) is 2. The summed E-state index contributed by atoms with van der Waals surface area (Å²) in [5.74, 6) is -0.139. The molecule has 2 aromatic rings. The Bertz CT molecular complexity index is 814. The first kappa shape index (κ1) is 20.2. The van der Waals surface area contributed by atoms with Gasteiger partial charge in [-0.2, -0.15) is 0 Å². The number of para-hydroxylation sites is 1. The van der Waals surface area contributed by atoms with Crippen LogP contribution in [0.25, 0.3) is 10.9 Å². The standard InChI is InChI=1S/C22H31N3O3/c1-3-19-21-17(16-10-7-8-11-18(16)24-21)13-15-25(19)22(27)23-14-9-5-6-12-20(26)28-4-2/h7-8,10-11,19,24H,3-6,9,12-15H2,1-2H3,(H,23,27). The van der Waals surface area contributed by atoms with Gasteiger partial charge in [-0.1, -0.05) is 31.5 Å². The lowest BCUT2D eigenvalue weighted by atomic mass is 9.96. The molecule has 1 aliphatic heterocycles. The molecule has 1 aromatic carbocycles. The molecule has 2 heterocycles. The van der Waals surface area contributed by atoms with Crippen molar-refractivity contribution in [2.75, 3.05) is 19.7 Å². The summed E-state index contributed by atoms with van der Waals surface area (Å²) >= 11 is 0. The number of hydrogen-bond donors (Lipinski definition) is 2. The van der Waals surface area contributed by atoms with Crippen LogP contribution in [0, 0.1) is 0 Å². The molecule has 0 bridgehead atoms. The Hall–Kier alpha value is -2.50. The van der Waals surface area contributed by atoms with Crippen LogP contribution in [-0.2, 0) is 16.0 Å². The molecule has 152 valence electrons. The maximum atomic E-state index is 12.7. The smallest absolute Gasteiger partial charge is 0.317 e. The molecular weight excluding hydrogens is 354 g/mol. The number of nitrogens with zero attached hydrogens (tertiary/aromatic N) is 1. The molecular formula is C22H31N3O3. The normalized spacial score (nSPS) is 16.1. The highest BCUT2D eigenvalue weighted by Gasteiger charge is 2.31. The van der Waals surface area contributed by atoms with Crippen LogP contribution < -0.4 is 5.32 Å². The van der Waals surface area contributed by atoms with E-state index < -0.39 is 0 Å². The fraction of sp³-hybridized carbons (Fsp3) is 0.545. The minimum absolute atomic E-state index is 0.00143. The SMILES string of the molecule is CCOC(=O)CCCCCNC(=O)N1CCc2c([nH]c3ccccc23)C1CC. The second-order valence-corrected chi connectivity index (χ2v) is 7.28. The number of rotatable bonds is 8. The van der Waals surface area contributed by atoms with Crippen LogP contribution >= 0.6 is 0 Å². The first-order chi connectivity index (χ1) is 13.7. The first-order valence-electron chi connectivity index (χ1n) is 10.4. The third kappa shape index (κ3) is 4.49. The van der Waals surface area contributed by atoms with E-state index in [0.29, 0.717) is 19.6 Å². The summed E-state index contributed by atoms with van der Waals surface area (Å²) in [4.78, 5) is 29.6. The van der Waals surface area contributed by atoms with Gasteiger partial charge in [0.25, 0.3) is 0 Å². The zero-order valence-corrected chi connectivity index (χ0v) is 16.9. The van der Waals surface area contributed by atoms with Crippen molar-refractivity contribution in [3.63, 3.8) is 0 Å². The van der Waals surface area contributed by atoms with E-state index in [4.69, 9.17) is 4.74 Å². The van der Waals surface area contributed by atoms with E-state index in [2.05, 4.69) is 35.4 Å². The van der Waals surface area contributed by atoms with E-state index in [1.165, 1.54) is 16.6 Å². The number of nitrogens with one attached hydrogen (secondary N) is 2. The summed E-state index contributed by atoms with van der Waals surface area (Å²) in [6, 6.07) is 8.45. The molecule has 0 spiro atoms. The molecule has 0 radical (unpaired) electrons. The van der Waals surface area contributed by atoms with Crippen molar-refractivity contribution < 1.29 is 14.3 Å². The summed E-state index contributed by atoms with van der Waals surface area (Å²) in [7, 11) is 0. The number of carbonyl (C=O) groups excluding carboxylic acids is 2. The molecule has 6 nitrogen and oxygen atoms in total. The van der Waals surface area contributed by atoms with Gasteiger partial charge in [0.05, 0.1) is 12.6 Å². The van der Waals surface area contributed by atoms with Gasteiger partial charge in [-0.25, -0.2) is 4.79 Å². The van der Waals surface area contributed by atoms with E-state index in [1.54, 1.807) is 0 Å². The number of urea groups is 1. The van der Waals surface area contributed by atoms with Gasteiger partial charge < -0.3 is 19.9 Å². The second kappa shape index (κ2) is 9.62. The zero-order chi connectivity index (χ0) is 19.9. The Kier molecular flexibility index (Phi) is 6.95. The van der Waals surface area contributed by atoms with E-state index in [9.17, 15) is 9.59 Å². The van der Waals surface area contributed by atoms with Gasteiger partial charge in [-0.05, 0) is 44.2 Å². The Labute approximate surface area is 166 Å². The molecule has 2 N–H and O–H groups in total. The largest absolute Gasteiger partial charge is 0.466 e. The van der Waals surface area contributed by atoms with E-state index >= 15 is 0 Å². The van der Waals surface area contributed by atoms with Crippen LogP contribution in [0.1, 0.15) is 63.3 Å². The van der Waals surface area contributed by atoms with E-state index in [1.807, 2.05) is 17.9 Å². The van der Waals surface area contributed by atoms with Crippen molar-refractivity contribution >= 4 is 22.9 Å². The molecule has 28 heavy (non-hydrogen) atoms. The van der Waals surface area contributed by atoms with Crippen LogP contribution in [0.3, 0.4) is 0 Å². The molecule has 1 atom stereocenters. The third-order valence-electron chi connectivity index (χ3n) is 5.45. The number of carbonyl (C=O) groups is 2. The van der Waals surface area contributed by atoms with Crippen molar-refractivity contribution in [2.45, 2.75) is 58.4 Å². The molecule has 6 heteroatoms. The number of ether oxygens (including phenoxy) is 1. The molecule has 0 fully saturated rings. The number of esters is 1. The Morgan fingerprint density at radius 2 is 2.04 bits per heavy atom. The van der Waals surface area contributed by atoms with Crippen molar-refractivity contribution in [1.29, 1.82) is 0 Å². The predicted octanol–water partition coefficient (Wildman–Crippen LogP) is 4.31. The van der Waals surface area contributed by atoms with Gasteiger partial charge in [0.15, 0.2) is 0 Å². The number of benzene rings is 1.